The predicted molar refractivity (Wildman–Crippen MR) is 111 cm³/mol. The molecule has 1 aliphatic rings. The Balaban J connectivity index is 2.36. The van der Waals surface area contributed by atoms with Gasteiger partial charge >= 0.3 is 0 Å². The fourth-order valence-electron chi connectivity index (χ4n) is 5.25. The zero-order valence-corrected chi connectivity index (χ0v) is 17.9. The van der Waals surface area contributed by atoms with E-state index in [1.807, 2.05) is 0 Å². The normalized spacial score (nSPS) is 21.2. The maximum atomic E-state index is 2.82. The molecule has 0 spiro atoms. The molecule has 1 heterocycles. The van der Waals surface area contributed by atoms with Crippen LogP contribution in [0.15, 0.2) is 12.1 Å². The van der Waals surface area contributed by atoms with Crippen molar-refractivity contribution in [2.75, 3.05) is 18.0 Å². The molecule has 0 amide bonds. The van der Waals surface area contributed by atoms with E-state index in [9.17, 15) is 0 Å². The number of nitrogens with zero attached hydrogens (tertiary/aromatic N) is 2. The van der Waals surface area contributed by atoms with E-state index in [0.29, 0.717) is 18.1 Å². The van der Waals surface area contributed by atoms with Crippen LogP contribution in [0.4, 0.5) is 5.69 Å². The van der Waals surface area contributed by atoms with Crippen LogP contribution in [0.2, 0.25) is 0 Å². The van der Waals surface area contributed by atoms with Crippen LogP contribution in [0.25, 0.3) is 0 Å². The topological polar surface area (TPSA) is 6.48 Å². The van der Waals surface area contributed by atoms with Gasteiger partial charge in [0.2, 0.25) is 0 Å². The van der Waals surface area contributed by atoms with Crippen LogP contribution >= 0.6 is 0 Å². The molecule has 0 aromatic heterocycles. The average Bonchev–Trinajstić information content (AvgIpc) is 2.91. The Morgan fingerprint density at radius 2 is 1.60 bits per heavy atom. The molecule has 1 aromatic carbocycles. The van der Waals surface area contributed by atoms with Crippen molar-refractivity contribution in [2.24, 2.45) is 11.8 Å². The van der Waals surface area contributed by atoms with E-state index in [1.54, 1.807) is 0 Å². The Morgan fingerprint density at radius 1 is 1.00 bits per heavy atom. The molecule has 0 N–H and O–H groups in total. The van der Waals surface area contributed by atoms with Crippen molar-refractivity contribution >= 4 is 5.69 Å². The maximum absolute atomic E-state index is 2.82. The summed E-state index contributed by atoms with van der Waals surface area (Å²) in [6.07, 6.45) is 4.40. The third-order valence-electron chi connectivity index (χ3n) is 6.02. The van der Waals surface area contributed by atoms with Gasteiger partial charge in [-0.1, -0.05) is 58.7 Å². The van der Waals surface area contributed by atoms with Gasteiger partial charge in [0.25, 0.3) is 0 Å². The Kier molecular flexibility index (Phi) is 6.96. The molecule has 3 atom stereocenters. The highest BCUT2D eigenvalue weighted by atomic mass is 15.4. The minimum atomic E-state index is 0.518. The van der Waals surface area contributed by atoms with Crippen LogP contribution in [0, 0.1) is 32.6 Å². The van der Waals surface area contributed by atoms with Gasteiger partial charge in [-0.15, -0.1) is 0 Å². The molecule has 2 heteroatoms. The number of benzene rings is 1. The zero-order valence-electron chi connectivity index (χ0n) is 17.9. The number of aryl methyl sites for hydroxylation is 3. The van der Waals surface area contributed by atoms with Gasteiger partial charge < -0.3 is 4.90 Å². The average molecular weight is 345 g/mol. The zero-order chi connectivity index (χ0) is 18.7. The van der Waals surface area contributed by atoms with Gasteiger partial charge in [-0.05, 0) is 56.6 Å². The van der Waals surface area contributed by atoms with E-state index in [0.717, 1.165) is 12.5 Å². The Bertz CT molecular complexity index is 540. The first-order chi connectivity index (χ1) is 11.8. The van der Waals surface area contributed by atoms with E-state index < -0.39 is 0 Å². The minimum Gasteiger partial charge on any atom is -0.354 e. The maximum Gasteiger partial charge on any atom is 0.0847 e. The molecule has 1 aromatic rings. The lowest BCUT2D eigenvalue weighted by Crippen LogP contribution is -2.49. The summed E-state index contributed by atoms with van der Waals surface area (Å²) in [5.41, 5.74) is 5.71. The highest BCUT2D eigenvalue weighted by Crippen LogP contribution is 2.36. The molecule has 25 heavy (non-hydrogen) atoms. The van der Waals surface area contributed by atoms with Crippen LogP contribution in [-0.2, 0) is 0 Å². The van der Waals surface area contributed by atoms with Gasteiger partial charge in [0, 0.05) is 24.8 Å². The van der Waals surface area contributed by atoms with E-state index in [-0.39, 0.29) is 0 Å². The standard InChI is InChI=1S/C23H40N2/c1-9-11-18(6)21(10-2)24-12-13-25(23(24)16(3)4)22-19(7)14-17(5)15-20(22)8/h14-16,18,21,23H,9-13H2,1-8H3/t18-,21-,23?/m1/s1. The SMILES string of the molecule is CCC[C@@H](C)[C@@H](CC)N1CCN(c2c(C)cc(C)cc2C)C1C(C)C. The lowest BCUT2D eigenvalue weighted by molar-refractivity contribution is 0.102. The molecular formula is C23H40N2. The van der Waals surface area contributed by atoms with Crippen molar-refractivity contribution in [1.29, 1.82) is 0 Å². The summed E-state index contributed by atoms with van der Waals surface area (Å²) in [4.78, 5) is 5.53. The molecule has 2 rings (SSSR count). The van der Waals surface area contributed by atoms with Crippen molar-refractivity contribution in [2.45, 2.75) is 86.9 Å². The van der Waals surface area contributed by atoms with Gasteiger partial charge in [-0.25, -0.2) is 0 Å². The molecule has 0 aliphatic carbocycles. The van der Waals surface area contributed by atoms with Gasteiger partial charge in [0.15, 0.2) is 0 Å². The Hall–Kier alpha value is -1.02. The molecule has 0 radical (unpaired) electrons. The summed E-state index contributed by atoms with van der Waals surface area (Å²) in [5.74, 6) is 1.40. The quantitative estimate of drug-likeness (QED) is 0.605. The van der Waals surface area contributed by atoms with Crippen LogP contribution in [0.1, 0.15) is 70.6 Å². The molecule has 142 valence electrons. The molecule has 1 saturated heterocycles. The van der Waals surface area contributed by atoms with Crippen molar-refractivity contribution < 1.29 is 0 Å². The molecular weight excluding hydrogens is 304 g/mol. The van der Waals surface area contributed by atoms with Gasteiger partial charge in [0.1, 0.15) is 0 Å². The first-order valence-corrected chi connectivity index (χ1v) is 10.4. The summed E-state index contributed by atoms with van der Waals surface area (Å²) < 4.78 is 0. The van der Waals surface area contributed by atoms with Crippen molar-refractivity contribution in [3.05, 3.63) is 28.8 Å². The smallest absolute Gasteiger partial charge is 0.0847 e. The van der Waals surface area contributed by atoms with Gasteiger partial charge in [-0.3, -0.25) is 4.90 Å². The predicted octanol–water partition coefficient (Wildman–Crippen LogP) is 5.93. The summed E-state index contributed by atoms with van der Waals surface area (Å²) in [5, 5.41) is 0. The van der Waals surface area contributed by atoms with Gasteiger partial charge in [-0.2, -0.15) is 0 Å². The number of hydrogen-bond acceptors (Lipinski definition) is 2. The third-order valence-corrected chi connectivity index (χ3v) is 6.02. The highest BCUT2D eigenvalue weighted by molar-refractivity contribution is 5.61. The summed E-state index contributed by atoms with van der Waals surface area (Å²) in [6, 6.07) is 5.39. The molecule has 2 nitrogen and oxygen atoms in total. The third kappa shape index (κ3) is 4.22. The second-order valence-electron chi connectivity index (χ2n) is 8.58. The number of rotatable bonds is 7. The second kappa shape index (κ2) is 8.58. The molecule has 0 saturated carbocycles. The van der Waals surface area contributed by atoms with Crippen molar-refractivity contribution in [3.63, 3.8) is 0 Å². The largest absolute Gasteiger partial charge is 0.354 e. The fraction of sp³-hybridized carbons (Fsp3) is 0.739. The summed E-state index contributed by atoms with van der Waals surface area (Å²) in [7, 11) is 0. The molecule has 1 fully saturated rings. The Labute approximate surface area is 156 Å². The van der Waals surface area contributed by atoms with E-state index in [1.165, 1.54) is 48.2 Å². The van der Waals surface area contributed by atoms with E-state index in [2.05, 4.69) is 77.3 Å². The van der Waals surface area contributed by atoms with Crippen molar-refractivity contribution in [1.82, 2.24) is 4.90 Å². The first kappa shape index (κ1) is 20.3. The molecule has 1 aliphatic heterocycles. The van der Waals surface area contributed by atoms with Crippen LogP contribution in [0.3, 0.4) is 0 Å². The van der Waals surface area contributed by atoms with Crippen LogP contribution in [-0.4, -0.2) is 30.2 Å². The first-order valence-electron chi connectivity index (χ1n) is 10.4. The highest BCUT2D eigenvalue weighted by Gasteiger charge is 2.39. The van der Waals surface area contributed by atoms with E-state index >= 15 is 0 Å². The van der Waals surface area contributed by atoms with Crippen LogP contribution < -0.4 is 4.90 Å². The van der Waals surface area contributed by atoms with Gasteiger partial charge in [0.05, 0.1) is 6.17 Å². The molecule has 0 bridgehead atoms. The lowest BCUT2D eigenvalue weighted by atomic mass is 9.92. The number of hydrogen-bond donors (Lipinski definition) is 0. The second-order valence-corrected chi connectivity index (χ2v) is 8.58. The monoisotopic (exact) mass is 344 g/mol. The fourth-order valence-corrected chi connectivity index (χ4v) is 5.25. The Morgan fingerprint density at radius 3 is 2.08 bits per heavy atom. The number of anilines is 1. The minimum absolute atomic E-state index is 0.518. The summed E-state index contributed by atoms with van der Waals surface area (Å²) >= 11 is 0. The van der Waals surface area contributed by atoms with E-state index in [4.69, 9.17) is 0 Å². The van der Waals surface area contributed by atoms with Crippen LogP contribution in [0.5, 0.6) is 0 Å². The summed E-state index contributed by atoms with van der Waals surface area (Å²) in [6.45, 7) is 21.1. The van der Waals surface area contributed by atoms with Crippen molar-refractivity contribution in [3.8, 4) is 0 Å². The molecule has 1 unspecified atom stereocenters. The lowest BCUT2D eigenvalue weighted by Gasteiger charge is -2.41.